The summed E-state index contributed by atoms with van der Waals surface area (Å²) in [5.74, 6) is 1.57. The van der Waals surface area contributed by atoms with Crippen LogP contribution in [0.4, 0.5) is 5.82 Å². The number of hydrogen-bond acceptors (Lipinski definition) is 9. The average Bonchev–Trinajstić information content (AvgIpc) is 3.53. The number of amides is 1. The highest BCUT2D eigenvalue weighted by molar-refractivity contribution is 7.20. The van der Waals surface area contributed by atoms with Crippen LogP contribution in [0.25, 0.3) is 10.2 Å². The Morgan fingerprint density at radius 1 is 1.09 bits per heavy atom. The Morgan fingerprint density at radius 2 is 1.86 bits per heavy atom. The Morgan fingerprint density at radius 3 is 2.54 bits per heavy atom. The molecule has 5 rings (SSSR count). The van der Waals surface area contributed by atoms with Crippen LogP contribution in [0.2, 0.25) is 0 Å². The number of thiophene rings is 1. The first-order valence-electron chi connectivity index (χ1n) is 12.3. The maximum Gasteiger partial charge on any atom is 0.348 e. The lowest BCUT2D eigenvalue weighted by molar-refractivity contribution is 0.0531. The van der Waals surface area contributed by atoms with Gasteiger partial charge in [-0.3, -0.25) is 9.69 Å². The highest BCUT2D eigenvalue weighted by atomic mass is 32.1. The van der Waals surface area contributed by atoms with Crippen LogP contribution < -0.4 is 4.90 Å². The fourth-order valence-corrected chi connectivity index (χ4v) is 5.93. The lowest BCUT2D eigenvalue weighted by atomic mass is 10.1. The summed E-state index contributed by atoms with van der Waals surface area (Å²) in [5.41, 5.74) is 0.858. The number of anilines is 1. The fraction of sp³-hybridized carbons (Fsp3) is 0.520. The smallest absolute Gasteiger partial charge is 0.348 e. The number of carbonyl (C=O) groups excluding carboxylic acids is 2. The van der Waals surface area contributed by atoms with E-state index < -0.39 is 0 Å². The van der Waals surface area contributed by atoms with E-state index in [1.54, 1.807) is 12.1 Å². The molecule has 0 aromatic carbocycles. The van der Waals surface area contributed by atoms with Crippen molar-refractivity contribution in [3.63, 3.8) is 0 Å². The summed E-state index contributed by atoms with van der Waals surface area (Å²) in [7, 11) is 0. The predicted octanol–water partition coefficient (Wildman–Crippen LogP) is 3.72. The summed E-state index contributed by atoms with van der Waals surface area (Å²) in [5, 5.41) is 0.909. The zero-order valence-corrected chi connectivity index (χ0v) is 21.1. The number of nitrogens with zero attached hydrogens (tertiary/aromatic N) is 5. The third kappa shape index (κ3) is 4.90. The predicted molar refractivity (Wildman–Crippen MR) is 134 cm³/mol. The number of likely N-dealkylation sites (tertiary alicyclic amines) is 1. The summed E-state index contributed by atoms with van der Waals surface area (Å²) >= 11 is 1.38. The molecule has 2 saturated heterocycles. The minimum atomic E-state index is -0.314. The van der Waals surface area contributed by atoms with Crippen molar-refractivity contribution in [3.05, 3.63) is 40.4 Å². The van der Waals surface area contributed by atoms with Crippen LogP contribution in [-0.4, -0.2) is 77.5 Å². The van der Waals surface area contributed by atoms with Crippen molar-refractivity contribution in [3.8, 4) is 0 Å². The quantitative estimate of drug-likeness (QED) is 0.476. The Hall–Kier alpha value is -2.98. The van der Waals surface area contributed by atoms with Gasteiger partial charge in [0.15, 0.2) is 5.76 Å². The average molecular weight is 498 g/mol. The molecule has 3 aromatic rings. The van der Waals surface area contributed by atoms with Crippen LogP contribution in [-0.2, 0) is 11.3 Å². The first kappa shape index (κ1) is 23.7. The normalized spacial score (nSPS) is 17.2. The van der Waals surface area contributed by atoms with Crippen LogP contribution in [0.3, 0.4) is 0 Å². The standard InChI is InChI=1S/C25H31N5O4S/c1-3-33-25(32)21-17(2)20-22(26-19(27-23(20)35-21)16-28-9-5-4-6-10-28)29-11-13-30(14-12-29)24(31)18-8-7-15-34-18/h7-8,15H,3-6,9-14,16H2,1-2H3. The van der Waals surface area contributed by atoms with Gasteiger partial charge in [0, 0.05) is 26.2 Å². The van der Waals surface area contributed by atoms with Crippen LogP contribution in [0, 0.1) is 6.92 Å². The number of piperidine rings is 1. The summed E-state index contributed by atoms with van der Waals surface area (Å²) < 4.78 is 10.6. The number of rotatable bonds is 6. The molecule has 3 aromatic heterocycles. The minimum Gasteiger partial charge on any atom is -0.462 e. The van der Waals surface area contributed by atoms with Gasteiger partial charge in [-0.2, -0.15) is 0 Å². The van der Waals surface area contributed by atoms with Gasteiger partial charge < -0.3 is 19.0 Å². The molecule has 186 valence electrons. The zero-order chi connectivity index (χ0) is 24.4. The molecule has 0 saturated carbocycles. The van der Waals surface area contributed by atoms with Gasteiger partial charge in [-0.25, -0.2) is 14.8 Å². The number of ether oxygens (including phenoxy) is 1. The SMILES string of the molecule is CCOC(=O)c1sc2nc(CN3CCCCC3)nc(N3CCN(C(=O)c4ccco4)CC3)c2c1C. The van der Waals surface area contributed by atoms with Crippen molar-refractivity contribution < 1.29 is 18.7 Å². The molecule has 1 amide bonds. The molecule has 0 aliphatic carbocycles. The molecule has 5 heterocycles. The molecule has 0 bridgehead atoms. The van der Waals surface area contributed by atoms with Crippen LogP contribution in [0.15, 0.2) is 22.8 Å². The monoisotopic (exact) mass is 497 g/mol. The Balaban J connectivity index is 1.45. The van der Waals surface area contributed by atoms with Gasteiger partial charge in [-0.1, -0.05) is 6.42 Å². The number of aromatic nitrogens is 2. The highest BCUT2D eigenvalue weighted by Gasteiger charge is 2.29. The van der Waals surface area contributed by atoms with E-state index >= 15 is 0 Å². The second-order valence-corrected chi connectivity index (χ2v) is 10.0. The van der Waals surface area contributed by atoms with E-state index in [2.05, 4.69) is 9.80 Å². The van der Waals surface area contributed by atoms with Crippen LogP contribution in [0.5, 0.6) is 0 Å². The molecule has 10 heteroatoms. The lowest BCUT2D eigenvalue weighted by Crippen LogP contribution is -2.49. The van der Waals surface area contributed by atoms with Crippen molar-refractivity contribution in [1.29, 1.82) is 0 Å². The third-order valence-corrected chi connectivity index (χ3v) is 7.86. The molecular weight excluding hydrogens is 466 g/mol. The number of aryl methyl sites for hydroxylation is 1. The number of furan rings is 1. The molecule has 2 fully saturated rings. The second kappa shape index (κ2) is 10.3. The number of hydrogen-bond donors (Lipinski definition) is 0. The van der Waals surface area contributed by atoms with E-state index in [-0.39, 0.29) is 11.9 Å². The molecular formula is C25H31N5O4S. The van der Waals surface area contributed by atoms with E-state index in [4.69, 9.17) is 19.1 Å². The van der Waals surface area contributed by atoms with Crippen molar-refractivity contribution >= 4 is 39.2 Å². The minimum absolute atomic E-state index is 0.0930. The zero-order valence-electron chi connectivity index (χ0n) is 20.3. The maximum atomic E-state index is 12.7. The molecule has 0 spiro atoms. The summed E-state index contributed by atoms with van der Waals surface area (Å²) in [6.07, 6.45) is 5.19. The van der Waals surface area contributed by atoms with E-state index in [9.17, 15) is 9.59 Å². The van der Waals surface area contributed by atoms with Crippen molar-refractivity contribution in [2.45, 2.75) is 39.7 Å². The molecule has 9 nitrogen and oxygen atoms in total. The van der Waals surface area contributed by atoms with E-state index in [0.29, 0.717) is 50.0 Å². The van der Waals surface area contributed by atoms with E-state index in [0.717, 1.165) is 40.5 Å². The number of piperazine rings is 1. The third-order valence-electron chi connectivity index (χ3n) is 6.69. The van der Waals surface area contributed by atoms with Gasteiger partial charge in [0.05, 0.1) is 24.8 Å². The van der Waals surface area contributed by atoms with Crippen LogP contribution in [0.1, 0.15) is 57.8 Å². The van der Waals surface area contributed by atoms with Gasteiger partial charge in [0.2, 0.25) is 0 Å². The Kier molecular flexibility index (Phi) is 7.01. The van der Waals surface area contributed by atoms with Crippen molar-refractivity contribution in [2.24, 2.45) is 0 Å². The summed E-state index contributed by atoms with van der Waals surface area (Å²) in [6, 6.07) is 3.42. The fourth-order valence-electron chi connectivity index (χ4n) is 4.85. The number of esters is 1. The molecule has 35 heavy (non-hydrogen) atoms. The largest absolute Gasteiger partial charge is 0.462 e. The molecule has 0 N–H and O–H groups in total. The Bertz CT molecular complexity index is 1190. The maximum absolute atomic E-state index is 12.7. The van der Waals surface area contributed by atoms with Gasteiger partial charge in [-0.15, -0.1) is 11.3 Å². The van der Waals surface area contributed by atoms with Gasteiger partial charge in [0.1, 0.15) is 21.3 Å². The van der Waals surface area contributed by atoms with Gasteiger partial charge >= 0.3 is 5.97 Å². The Labute approximate surface area is 208 Å². The first-order chi connectivity index (χ1) is 17.0. The topological polar surface area (TPSA) is 92.0 Å². The van der Waals surface area contributed by atoms with Crippen LogP contribution >= 0.6 is 11.3 Å². The first-order valence-corrected chi connectivity index (χ1v) is 13.1. The molecule has 0 atom stereocenters. The molecule has 0 unspecified atom stereocenters. The molecule has 2 aliphatic heterocycles. The van der Waals surface area contributed by atoms with Gasteiger partial charge in [-0.05, 0) is 57.5 Å². The van der Waals surface area contributed by atoms with E-state index in [1.807, 2.05) is 18.7 Å². The highest BCUT2D eigenvalue weighted by Crippen LogP contribution is 2.36. The van der Waals surface area contributed by atoms with Gasteiger partial charge in [0.25, 0.3) is 5.91 Å². The summed E-state index contributed by atoms with van der Waals surface area (Å²) in [6.45, 7) is 9.33. The number of fused-ring (bicyclic) bond motifs is 1. The number of carbonyl (C=O) groups is 2. The second-order valence-electron chi connectivity index (χ2n) is 9.01. The lowest BCUT2D eigenvalue weighted by Gasteiger charge is -2.35. The molecule has 2 aliphatic rings. The van der Waals surface area contributed by atoms with Crippen molar-refractivity contribution in [1.82, 2.24) is 19.8 Å². The molecule has 0 radical (unpaired) electrons. The summed E-state index contributed by atoms with van der Waals surface area (Å²) in [4.78, 5) is 43.1. The van der Waals surface area contributed by atoms with Crippen molar-refractivity contribution in [2.75, 3.05) is 50.8 Å². The van der Waals surface area contributed by atoms with E-state index in [1.165, 1.54) is 36.9 Å².